The van der Waals surface area contributed by atoms with Gasteiger partial charge in [0.25, 0.3) is 0 Å². The minimum absolute atomic E-state index is 0.175. The summed E-state index contributed by atoms with van der Waals surface area (Å²) in [5.74, 6) is -0.464. The van der Waals surface area contributed by atoms with E-state index >= 15 is 0 Å². The Morgan fingerprint density at radius 3 is 2.67 bits per heavy atom. The van der Waals surface area contributed by atoms with Gasteiger partial charge in [-0.15, -0.1) is 0 Å². The number of amides is 2. The number of para-hydroxylation sites is 1. The number of rotatable bonds is 4. The summed E-state index contributed by atoms with van der Waals surface area (Å²) in [6.07, 6.45) is 2.51. The van der Waals surface area contributed by atoms with E-state index < -0.39 is 5.41 Å². The Bertz CT molecular complexity index is 756. The minimum atomic E-state index is -1.13. The van der Waals surface area contributed by atoms with Crippen LogP contribution in [0.15, 0.2) is 48.7 Å². The lowest BCUT2D eigenvalue weighted by atomic mass is 9.90. The quantitative estimate of drug-likeness (QED) is 0.878. The number of hydrogen-bond donors (Lipinski definition) is 1. The summed E-state index contributed by atoms with van der Waals surface area (Å²) in [6.45, 7) is 4.27. The van der Waals surface area contributed by atoms with Crippen LogP contribution in [0.2, 0.25) is 0 Å². The van der Waals surface area contributed by atoms with Crippen molar-refractivity contribution < 1.29 is 9.59 Å². The fourth-order valence-corrected chi connectivity index (χ4v) is 2.88. The third kappa shape index (κ3) is 3.02. The van der Waals surface area contributed by atoms with E-state index in [-0.39, 0.29) is 11.8 Å². The summed E-state index contributed by atoms with van der Waals surface area (Å²) >= 11 is 0. The van der Waals surface area contributed by atoms with Crippen LogP contribution in [-0.2, 0) is 22.6 Å². The van der Waals surface area contributed by atoms with E-state index in [1.807, 2.05) is 42.5 Å². The van der Waals surface area contributed by atoms with Crippen molar-refractivity contribution in [2.24, 2.45) is 5.41 Å². The van der Waals surface area contributed by atoms with Gasteiger partial charge in [0.1, 0.15) is 5.41 Å². The highest BCUT2D eigenvalue weighted by Crippen LogP contribution is 2.31. The largest absolute Gasteiger partial charge is 0.350 e. The molecule has 2 amide bonds. The lowest BCUT2D eigenvalue weighted by Crippen LogP contribution is -2.49. The Hall–Kier alpha value is -2.69. The molecule has 0 bridgehead atoms. The van der Waals surface area contributed by atoms with Crippen molar-refractivity contribution in [3.8, 4) is 0 Å². The third-order valence-electron chi connectivity index (χ3n) is 4.39. The normalized spacial score (nSPS) is 13.5. The molecule has 24 heavy (non-hydrogen) atoms. The van der Waals surface area contributed by atoms with Gasteiger partial charge in [0, 0.05) is 18.4 Å². The van der Waals surface area contributed by atoms with E-state index in [0.29, 0.717) is 13.1 Å². The standard InChI is InChI=1S/C19H21N3O2/c1-19(2,17(23)21-13-15-8-5-6-11-20-15)18(24)22-12-10-14-7-3-4-9-16(14)22/h3-9,11H,10,12-13H2,1-2H3,(H,21,23). The van der Waals surface area contributed by atoms with Crippen molar-refractivity contribution in [1.29, 1.82) is 0 Å². The molecule has 1 aliphatic rings. The second-order valence-electron chi connectivity index (χ2n) is 6.46. The maximum absolute atomic E-state index is 12.9. The second kappa shape index (κ2) is 6.43. The molecule has 1 aliphatic heterocycles. The van der Waals surface area contributed by atoms with Gasteiger partial charge in [-0.05, 0) is 44.0 Å². The monoisotopic (exact) mass is 323 g/mol. The van der Waals surface area contributed by atoms with Crippen molar-refractivity contribution in [2.75, 3.05) is 11.4 Å². The average molecular weight is 323 g/mol. The fourth-order valence-electron chi connectivity index (χ4n) is 2.88. The van der Waals surface area contributed by atoms with Crippen molar-refractivity contribution in [3.05, 3.63) is 59.9 Å². The van der Waals surface area contributed by atoms with Gasteiger partial charge in [0.2, 0.25) is 11.8 Å². The number of nitrogens with one attached hydrogen (secondary N) is 1. The Labute approximate surface area is 141 Å². The average Bonchev–Trinajstić information content (AvgIpc) is 3.03. The molecule has 1 aromatic carbocycles. The molecule has 0 saturated carbocycles. The van der Waals surface area contributed by atoms with Crippen LogP contribution in [0.5, 0.6) is 0 Å². The van der Waals surface area contributed by atoms with E-state index in [1.165, 1.54) is 0 Å². The number of hydrogen-bond acceptors (Lipinski definition) is 3. The zero-order valence-corrected chi connectivity index (χ0v) is 14.0. The predicted octanol–water partition coefficient (Wildman–Crippen LogP) is 2.31. The van der Waals surface area contributed by atoms with Gasteiger partial charge in [-0.2, -0.15) is 0 Å². The summed E-state index contributed by atoms with van der Waals surface area (Å²) in [6, 6.07) is 13.4. The van der Waals surface area contributed by atoms with Crippen LogP contribution in [0.3, 0.4) is 0 Å². The van der Waals surface area contributed by atoms with Crippen molar-refractivity contribution in [3.63, 3.8) is 0 Å². The SMILES string of the molecule is CC(C)(C(=O)NCc1ccccn1)C(=O)N1CCc2ccccc21. The van der Waals surface area contributed by atoms with Gasteiger partial charge in [0.05, 0.1) is 12.2 Å². The van der Waals surface area contributed by atoms with Crippen LogP contribution in [0.4, 0.5) is 5.69 Å². The van der Waals surface area contributed by atoms with E-state index in [0.717, 1.165) is 23.4 Å². The molecule has 0 unspecified atom stereocenters. The number of aromatic nitrogens is 1. The summed E-state index contributed by atoms with van der Waals surface area (Å²) in [7, 11) is 0. The third-order valence-corrected chi connectivity index (χ3v) is 4.39. The molecule has 1 N–H and O–H groups in total. The molecule has 0 saturated heterocycles. The molecule has 3 rings (SSSR count). The molecule has 0 fully saturated rings. The van der Waals surface area contributed by atoms with E-state index in [1.54, 1.807) is 24.9 Å². The maximum atomic E-state index is 12.9. The summed E-state index contributed by atoms with van der Waals surface area (Å²) in [5.41, 5.74) is 1.69. The number of carbonyl (C=O) groups excluding carboxylic acids is 2. The molecule has 0 aliphatic carbocycles. The van der Waals surface area contributed by atoms with E-state index in [2.05, 4.69) is 10.3 Å². The van der Waals surface area contributed by atoms with Crippen LogP contribution in [0, 0.1) is 5.41 Å². The van der Waals surface area contributed by atoms with Crippen molar-refractivity contribution >= 4 is 17.5 Å². The molecule has 2 aromatic rings. The zero-order valence-electron chi connectivity index (χ0n) is 14.0. The van der Waals surface area contributed by atoms with Gasteiger partial charge in [-0.3, -0.25) is 14.6 Å². The number of pyridine rings is 1. The van der Waals surface area contributed by atoms with Crippen molar-refractivity contribution in [2.45, 2.75) is 26.8 Å². The van der Waals surface area contributed by atoms with Gasteiger partial charge in [0.15, 0.2) is 0 Å². The molecule has 0 spiro atoms. The first kappa shape index (κ1) is 16.2. The first-order chi connectivity index (χ1) is 11.5. The molecular formula is C19H21N3O2. The highest BCUT2D eigenvalue weighted by atomic mass is 16.2. The molecule has 0 radical (unpaired) electrons. The van der Waals surface area contributed by atoms with Crippen LogP contribution in [0.25, 0.3) is 0 Å². The van der Waals surface area contributed by atoms with Crippen LogP contribution in [-0.4, -0.2) is 23.3 Å². The van der Waals surface area contributed by atoms with Crippen molar-refractivity contribution in [1.82, 2.24) is 10.3 Å². The minimum Gasteiger partial charge on any atom is -0.350 e. The highest BCUT2D eigenvalue weighted by Gasteiger charge is 2.41. The molecule has 0 atom stereocenters. The van der Waals surface area contributed by atoms with Crippen LogP contribution < -0.4 is 10.2 Å². The highest BCUT2D eigenvalue weighted by molar-refractivity contribution is 6.11. The van der Waals surface area contributed by atoms with Crippen LogP contribution in [0.1, 0.15) is 25.1 Å². The van der Waals surface area contributed by atoms with Gasteiger partial charge in [-0.1, -0.05) is 24.3 Å². The maximum Gasteiger partial charge on any atom is 0.242 e. The smallest absolute Gasteiger partial charge is 0.242 e. The first-order valence-electron chi connectivity index (χ1n) is 8.08. The topological polar surface area (TPSA) is 62.3 Å². The van der Waals surface area contributed by atoms with Gasteiger partial charge >= 0.3 is 0 Å². The molecule has 1 aromatic heterocycles. The number of benzene rings is 1. The Morgan fingerprint density at radius 1 is 1.17 bits per heavy atom. The van der Waals surface area contributed by atoms with Gasteiger partial charge in [-0.25, -0.2) is 0 Å². The lowest BCUT2D eigenvalue weighted by Gasteiger charge is -2.28. The van der Waals surface area contributed by atoms with E-state index in [9.17, 15) is 9.59 Å². The Kier molecular flexibility index (Phi) is 4.34. The summed E-state index contributed by atoms with van der Waals surface area (Å²) in [5, 5.41) is 2.82. The fraction of sp³-hybridized carbons (Fsp3) is 0.316. The molecular weight excluding hydrogens is 302 g/mol. The number of fused-ring (bicyclic) bond motifs is 1. The second-order valence-corrected chi connectivity index (χ2v) is 6.46. The number of carbonyl (C=O) groups is 2. The summed E-state index contributed by atoms with van der Waals surface area (Å²) < 4.78 is 0. The predicted molar refractivity (Wildman–Crippen MR) is 92.4 cm³/mol. The molecule has 124 valence electrons. The van der Waals surface area contributed by atoms with Crippen LogP contribution >= 0.6 is 0 Å². The molecule has 2 heterocycles. The summed E-state index contributed by atoms with van der Waals surface area (Å²) in [4.78, 5) is 31.4. The molecule has 5 nitrogen and oxygen atoms in total. The zero-order chi connectivity index (χ0) is 17.2. The molecule has 5 heteroatoms. The first-order valence-corrected chi connectivity index (χ1v) is 8.08. The van der Waals surface area contributed by atoms with E-state index in [4.69, 9.17) is 0 Å². The number of anilines is 1. The lowest BCUT2D eigenvalue weighted by molar-refractivity contribution is -0.139. The number of nitrogens with zero attached hydrogens (tertiary/aromatic N) is 2. The van der Waals surface area contributed by atoms with Gasteiger partial charge < -0.3 is 10.2 Å². The Balaban J connectivity index is 1.70. The Morgan fingerprint density at radius 2 is 1.92 bits per heavy atom.